The van der Waals surface area contributed by atoms with Gasteiger partial charge in [-0.15, -0.1) is 0 Å². The van der Waals surface area contributed by atoms with E-state index in [-0.39, 0.29) is 0 Å². The predicted molar refractivity (Wildman–Crippen MR) is 94.1 cm³/mol. The van der Waals surface area contributed by atoms with Crippen LogP contribution in [0.15, 0.2) is 48.8 Å². The minimum Gasteiger partial charge on any atom is -0.372 e. The van der Waals surface area contributed by atoms with Gasteiger partial charge in [-0.25, -0.2) is 0 Å². The van der Waals surface area contributed by atoms with E-state index in [0.29, 0.717) is 5.11 Å². The average molecular weight is 300 g/mol. The van der Waals surface area contributed by atoms with Gasteiger partial charge in [0.25, 0.3) is 0 Å². The normalized spacial score (nSPS) is 10.0. The Kier molecular flexibility index (Phi) is 5.51. The molecule has 0 saturated carbocycles. The van der Waals surface area contributed by atoms with Crippen molar-refractivity contribution in [3.05, 3.63) is 48.8 Å². The molecule has 0 spiro atoms. The summed E-state index contributed by atoms with van der Waals surface area (Å²) in [6, 6.07) is 12.0. The second-order valence-corrected chi connectivity index (χ2v) is 4.95. The van der Waals surface area contributed by atoms with Crippen molar-refractivity contribution in [3.63, 3.8) is 0 Å². The number of hydrogen-bond donors (Lipinski definition) is 2. The topological polar surface area (TPSA) is 40.2 Å². The first-order valence-electron chi connectivity index (χ1n) is 7.06. The molecule has 5 heteroatoms. The summed E-state index contributed by atoms with van der Waals surface area (Å²) in [6.45, 7) is 6.32. The van der Waals surface area contributed by atoms with Crippen molar-refractivity contribution in [2.24, 2.45) is 0 Å². The summed E-state index contributed by atoms with van der Waals surface area (Å²) in [7, 11) is 0. The zero-order chi connectivity index (χ0) is 15.1. The molecule has 0 unspecified atom stereocenters. The number of benzene rings is 1. The Morgan fingerprint density at radius 1 is 1.05 bits per heavy atom. The minimum atomic E-state index is 0.554. The van der Waals surface area contributed by atoms with Crippen molar-refractivity contribution in [2.45, 2.75) is 13.8 Å². The lowest BCUT2D eigenvalue weighted by Gasteiger charge is -2.21. The van der Waals surface area contributed by atoms with Gasteiger partial charge in [-0.2, -0.15) is 0 Å². The van der Waals surface area contributed by atoms with Gasteiger partial charge in [-0.3, -0.25) is 4.98 Å². The Labute approximate surface area is 131 Å². The maximum Gasteiger partial charge on any atom is 0.175 e. The fraction of sp³-hybridized carbons (Fsp3) is 0.250. The summed E-state index contributed by atoms with van der Waals surface area (Å²) < 4.78 is 0. The summed E-state index contributed by atoms with van der Waals surface area (Å²) in [5.41, 5.74) is 3.05. The summed E-state index contributed by atoms with van der Waals surface area (Å²) >= 11 is 5.29. The number of aromatic nitrogens is 1. The quantitative estimate of drug-likeness (QED) is 0.823. The van der Waals surface area contributed by atoms with Crippen LogP contribution in [0.5, 0.6) is 0 Å². The van der Waals surface area contributed by atoms with Crippen molar-refractivity contribution < 1.29 is 0 Å². The summed E-state index contributed by atoms with van der Waals surface area (Å²) in [5.74, 6) is 0. The molecule has 21 heavy (non-hydrogen) atoms. The molecular weight excluding hydrogens is 280 g/mol. The molecule has 0 amide bonds. The first-order valence-corrected chi connectivity index (χ1v) is 7.46. The van der Waals surface area contributed by atoms with Crippen LogP contribution >= 0.6 is 12.2 Å². The first-order chi connectivity index (χ1) is 10.2. The van der Waals surface area contributed by atoms with E-state index < -0.39 is 0 Å². The Bertz CT molecular complexity index is 565. The summed E-state index contributed by atoms with van der Waals surface area (Å²) in [5, 5.41) is 6.82. The van der Waals surface area contributed by atoms with E-state index >= 15 is 0 Å². The Balaban J connectivity index is 1.95. The highest BCUT2D eigenvalue weighted by molar-refractivity contribution is 7.80. The molecule has 0 aliphatic heterocycles. The third kappa shape index (κ3) is 4.43. The van der Waals surface area contributed by atoms with E-state index in [1.165, 1.54) is 5.69 Å². The lowest BCUT2D eigenvalue weighted by Crippen LogP contribution is -2.22. The van der Waals surface area contributed by atoms with Gasteiger partial charge in [-0.1, -0.05) is 0 Å². The van der Waals surface area contributed by atoms with Crippen molar-refractivity contribution in [2.75, 3.05) is 28.6 Å². The number of nitrogens with one attached hydrogen (secondary N) is 2. The molecule has 110 valence electrons. The molecule has 2 rings (SSSR count). The molecule has 0 radical (unpaired) electrons. The molecular formula is C16H20N4S. The van der Waals surface area contributed by atoms with Crippen LogP contribution < -0.4 is 15.5 Å². The SMILES string of the molecule is CCN(CC)c1ccc(NC(=S)Nc2cccnc2)cc1. The summed E-state index contributed by atoms with van der Waals surface area (Å²) in [4.78, 5) is 6.34. The number of nitrogens with zero attached hydrogens (tertiary/aromatic N) is 2. The zero-order valence-electron chi connectivity index (χ0n) is 12.3. The highest BCUT2D eigenvalue weighted by Crippen LogP contribution is 2.18. The van der Waals surface area contributed by atoms with Gasteiger partial charge in [0.2, 0.25) is 0 Å². The zero-order valence-corrected chi connectivity index (χ0v) is 13.2. The second kappa shape index (κ2) is 7.59. The van der Waals surface area contributed by atoms with Crippen LogP contribution in [0.4, 0.5) is 17.1 Å². The van der Waals surface area contributed by atoms with E-state index in [2.05, 4.69) is 46.5 Å². The minimum absolute atomic E-state index is 0.554. The first kappa shape index (κ1) is 15.3. The molecule has 2 aromatic rings. The number of anilines is 3. The lowest BCUT2D eigenvalue weighted by molar-refractivity contribution is 0.866. The molecule has 0 saturated heterocycles. The fourth-order valence-electron chi connectivity index (χ4n) is 2.07. The smallest absolute Gasteiger partial charge is 0.175 e. The third-order valence-corrected chi connectivity index (χ3v) is 3.38. The standard InChI is InChI=1S/C16H20N4S/c1-3-20(4-2)15-9-7-13(8-10-15)18-16(21)19-14-6-5-11-17-12-14/h5-12H,3-4H2,1-2H3,(H2,18,19,21). The van der Waals surface area contributed by atoms with Gasteiger partial charge >= 0.3 is 0 Å². The lowest BCUT2D eigenvalue weighted by atomic mass is 10.2. The molecule has 0 atom stereocenters. The molecule has 1 aromatic carbocycles. The van der Waals surface area contributed by atoms with Gasteiger partial charge < -0.3 is 15.5 Å². The monoisotopic (exact) mass is 300 g/mol. The van der Waals surface area contributed by atoms with Crippen LogP contribution in [0.1, 0.15) is 13.8 Å². The van der Waals surface area contributed by atoms with Gasteiger partial charge in [0.05, 0.1) is 11.9 Å². The van der Waals surface area contributed by atoms with Crippen LogP contribution in [-0.2, 0) is 0 Å². The average Bonchev–Trinajstić information content (AvgIpc) is 2.51. The molecule has 1 aromatic heterocycles. The predicted octanol–water partition coefficient (Wildman–Crippen LogP) is 3.74. The van der Waals surface area contributed by atoms with Crippen molar-refractivity contribution in [1.82, 2.24) is 4.98 Å². The third-order valence-electron chi connectivity index (χ3n) is 3.17. The molecule has 0 aliphatic rings. The number of hydrogen-bond acceptors (Lipinski definition) is 3. The molecule has 1 heterocycles. The maximum atomic E-state index is 5.29. The largest absolute Gasteiger partial charge is 0.372 e. The molecule has 0 bridgehead atoms. The highest BCUT2D eigenvalue weighted by Gasteiger charge is 2.02. The van der Waals surface area contributed by atoms with Gasteiger partial charge in [0, 0.05) is 30.7 Å². The molecule has 2 N–H and O–H groups in total. The van der Waals surface area contributed by atoms with Crippen LogP contribution in [0.3, 0.4) is 0 Å². The van der Waals surface area contributed by atoms with Gasteiger partial charge in [0.15, 0.2) is 5.11 Å². The van der Waals surface area contributed by atoms with Crippen molar-refractivity contribution >= 4 is 34.4 Å². The second-order valence-electron chi connectivity index (χ2n) is 4.54. The van der Waals surface area contributed by atoms with E-state index in [4.69, 9.17) is 12.2 Å². The number of pyridine rings is 1. The highest BCUT2D eigenvalue weighted by atomic mass is 32.1. The Morgan fingerprint density at radius 2 is 1.71 bits per heavy atom. The van der Waals surface area contributed by atoms with Crippen molar-refractivity contribution in [3.8, 4) is 0 Å². The Morgan fingerprint density at radius 3 is 2.29 bits per heavy atom. The van der Waals surface area contributed by atoms with Gasteiger partial charge in [0.1, 0.15) is 0 Å². The summed E-state index contributed by atoms with van der Waals surface area (Å²) in [6.07, 6.45) is 3.46. The maximum absolute atomic E-state index is 5.29. The van der Waals surface area contributed by atoms with E-state index in [9.17, 15) is 0 Å². The number of rotatable bonds is 5. The molecule has 0 aliphatic carbocycles. The number of thiocarbonyl (C=S) groups is 1. The van der Waals surface area contributed by atoms with E-state index in [1.54, 1.807) is 12.4 Å². The van der Waals surface area contributed by atoms with Crippen LogP contribution in [0, 0.1) is 0 Å². The van der Waals surface area contributed by atoms with Crippen molar-refractivity contribution in [1.29, 1.82) is 0 Å². The van der Waals surface area contributed by atoms with Gasteiger partial charge in [-0.05, 0) is 62.5 Å². The molecule has 4 nitrogen and oxygen atoms in total. The van der Waals surface area contributed by atoms with Crippen LogP contribution in [0.25, 0.3) is 0 Å². The van der Waals surface area contributed by atoms with E-state index in [0.717, 1.165) is 24.5 Å². The van der Waals surface area contributed by atoms with E-state index in [1.807, 2.05) is 24.3 Å². The fourth-order valence-corrected chi connectivity index (χ4v) is 2.31. The molecule has 0 fully saturated rings. The van der Waals surface area contributed by atoms with Crippen LogP contribution in [0.2, 0.25) is 0 Å². The van der Waals surface area contributed by atoms with Crippen LogP contribution in [-0.4, -0.2) is 23.2 Å². The Hall–Kier alpha value is -2.14.